The predicted molar refractivity (Wildman–Crippen MR) is 59.3 cm³/mol. The van der Waals surface area contributed by atoms with Crippen molar-refractivity contribution in [1.29, 1.82) is 0 Å². The van der Waals surface area contributed by atoms with Gasteiger partial charge in [0, 0.05) is 26.2 Å². The molecule has 0 aromatic rings. The SMILES string of the molecule is CNC1CCCN(S(=O)(=O)CCOC)C1. The third kappa shape index (κ3) is 3.71. The summed E-state index contributed by atoms with van der Waals surface area (Å²) >= 11 is 0. The Morgan fingerprint density at radius 1 is 1.53 bits per heavy atom. The molecular formula is C9H20N2O3S. The van der Waals surface area contributed by atoms with Crippen LogP contribution >= 0.6 is 0 Å². The minimum Gasteiger partial charge on any atom is -0.384 e. The summed E-state index contributed by atoms with van der Waals surface area (Å²) in [5.74, 6) is 0.0833. The van der Waals surface area contributed by atoms with Crippen molar-refractivity contribution < 1.29 is 13.2 Å². The van der Waals surface area contributed by atoms with Gasteiger partial charge in [0.25, 0.3) is 0 Å². The quantitative estimate of drug-likeness (QED) is 0.708. The van der Waals surface area contributed by atoms with E-state index in [1.54, 1.807) is 4.31 Å². The zero-order chi connectivity index (χ0) is 11.3. The lowest BCUT2D eigenvalue weighted by atomic mass is 10.1. The van der Waals surface area contributed by atoms with Gasteiger partial charge in [-0.2, -0.15) is 0 Å². The maximum absolute atomic E-state index is 11.8. The Morgan fingerprint density at radius 2 is 2.27 bits per heavy atom. The molecule has 15 heavy (non-hydrogen) atoms. The van der Waals surface area contributed by atoms with E-state index >= 15 is 0 Å². The molecule has 1 atom stereocenters. The zero-order valence-corrected chi connectivity index (χ0v) is 10.2. The highest BCUT2D eigenvalue weighted by atomic mass is 32.2. The zero-order valence-electron chi connectivity index (χ0n) is 9.40. The van der Waals surface area contributed by atoms with Gasteiger partial charge in [0.2, 0.25) is 10.0 Å². The van der Waals surface area contributed by atoms with Gasteiger partial charge >= 0.3 is 0 Å². The second-order valence-electron chi connectivity index (χ2n) is 3.79. The first-order valence-electron chi connectivity index (χ1n) is 5.24. The molecule has 0 aromatic carbocycles. The van der Waals surface area contributed by atoms with Gasteiger partial charge < -0.3 is 10.1 Å². The molecule has 6 heteroatoms. The van der Waals surface area contributed by atoms with E-state index in [0.29, 0.717) is 13.1 Å². The summed E-state index contributed by atoms with van der Waals surface area (Å²) < 4.78 is 30.0. The Morgan fingerprint density at radius 3 is 2.87 bits per heavy atom. The normalized spacial score (nSPS) is 24.3. The number of hydrogen-bond donors (Lipinski definition) is 1. The lowest BCUT2D eigenvalue weighted by molar-refractivity contribution is 0.213. The summed E-state index contributed by atoms with van der Waals surface area (Å²) in [6.45, 7) is 1.50. The number of nitrogens with zero attached hydrogens (tertiary/aromatic N) is 1. The van der Waals surface area contributed by atoms with Crippen LogP contribution in [0.5, 0.6) is 0 Å². The summed E-state index contributed by atoms with van der Waals surface area (Å²) in [5, 5.41) is 3.12. The van der Waals surface area contributed by atoms with Crippen LogP contribution in [0.3, 0.4) is 0 Å². The molecule has 0 bridgehead atoms. The van der Waals surface area contributed by atoms with Crippen molar-refractivity contribution in [3.63, 3.8) is 0 Å². The predicted octanol–water partition coefficient (Wildman–Crippen LogP) is -0.354. The first kappa shape index (κ1) is 12.9. The van der Waals surface area contributed by atoms with Crippen LogP contribution in [0.2, 0.25) is 0 Å². The number of piperidine rings is 1. The summed E-state index contributed by atoms with van der Waals surface area (Å²) in [5.41, 5.74) is 0. The van der Waals surface area contributed by atoms with Gasteiger partial charge in [-0.05, 0) is 19.9 Å². The van der Waals surface area contributed by atoms with Crippen LogP contribution in [0.4, 0.5) is 0 Å². The van der Waals surface area contributed by atoms with E-state index in [2.05, 4.69) is 5.32 Å². The molecule has 0 radical (unpaired) electrons. The second-order valence-corrected chi connectivity index (χ2v) is 5.88. The maximum atomic E-state index is 11.8. The standard InChI is InChI=1S/C9H20N2O3S/c1-10-9-4-3-5-11(8-9)15(12,13)7-6-14-2/h9-10H,3-8H2,1-2H3. The van der Waals surface area contributed by atoms with Crippen molar-refractivity contribution in [3.05, 3.63) is 0 Å². The molecule has 0 spiro atoms. The van der Waals surface area contributed by atoms with E-state index in [4.69, 9.17) is 4.74 Å². The Kier molecular flexibility index (Phi) is 4.98. The summed E-state index contributed by atoms with van der Waals surface area (Å²) in [7, 11) is 0.267. The van der Waals surface area contributed by atoms with Crippen molar-refractivity contribution in [3.8, 4) is 0 Å². The molecule has 1 saturated heterocycles. The fourth-order valence-corrected chi connectivity index (χ4v) is 3.20. The number of hydrogen-bond acceptors (Lipinski definition) is 4. The fraction of sp³-hybridized carbons (Fsp3) is 1.00. The molecule has 0 saturated carbocycles. The Bertz CT molecular complexity index is 279. The molecule has 0 amide bonds. The van der Waals surface area contributed by atoms with Crippen LogP contribution in [-0.2, 0) is 14.8 Å². The van der Waals surface area contributed by atoms with Crippen molar-refractivity contribution in [2.45, 2.75) is 18.9 Å². The molecule has 5 nitrogen and oxygen atoms in total. The highest BCUT2D eigenvalue weighted by Crippen LogP contribution is 2.13. The average molecular weight is 236 g/mol. The molecule has 1 unspecified atom stereocenters. The minimum absolute atomic E-state index is 0.0833. The highest BCUT2D eigenvalue weighted by molar-refractivity contribution is 7.89. The number of nitrogens with one attached hydrogen (secondary N) is 1. The average Bonchev–Trinajstić information content (AvgIpc) is 2.26. The first-order chi connectivity index (χ1) is 7.10. The van der Waals surface area contributed by atoms with Gasteiger partial charge in [-0.1, -0.05) is 0 Å². The lowest BCUT2D eigenvalue weighted by Crippen LogP contribution is -2.47. The van der Waals surface area contributed by atoms with Gasteiger partial charge in [-0.25, -0.2) is 12.7 Å². The molecule has 1 heterocycles. The molecule has 1 rings (SSSR count). The highest BCUT2D eigenvalue weighted by Gasteiger charge is 2.27. The molecule has 1 aliphatic rings. The van der Waals surface area contributed by atoms with E-state index in [1.165, 1.54) is 7.11 Å². The van der Waals surface area contributed by atoms with Gasteiger partial charge in [0.15, 0.2) is 0 Å². The third-order valence-electron chi connectivity index (χ3n) is 2.73. The monoisotopic (exact) mass is 236 g/mol. The Hall–Kier alpha value is -0.170. The van der Waals surface area contributed by atoms with Crippen LogP contribution < -0.4 is 5.32 Å². The number of sulfonamides is 1. The Labute approximate surface area is 91.8 Å². The van der Waals surface area contributed by atoms with Gasteiger partial charge in [-0.15, -0.1) is 0 Å². The van der Waals surface area contributed by atoms with Crippen LogP contribution in [0, 0.1) is 0 Å². The summed E-state index contributed by atoms with van der Waals surface area (Å²) in [4.78, 5) is 0. The van der Waals surface area contributed by atoms with E-state index in [0.717, 1.165) is 12.8 Å². The fourth-order valence-electron chi connectivity index (χ4n) is 1.75. The largest absolute Gasteiger partial charge is 0.384 e. The molecule has 0 aromatic heterocycles. The van der Waals surface area contributed by atoms with Gasteiger partial charge in [0.1, 0.15) is 0 Å². The second kappa shape index (κ2) is 5.79. The van der Waals surface area contributed by atoms with Gasteiger partial charge in [-0.3, -0.25) is 0 Å². The summed E-state index contributed by atoms with van der Waals surface area (Å²) in [6.07, 6.45) is 1.98. The van der Waals surface area contributed by atoms with Crippen LogP contribution in [0.15, 0.2) is 0 Å². The first-order valence-corrected chi connectivity index (χ1v) is 6.85. The molecule has 0 aliphatic carbocycles. The number of methoxy groups -OCH3 is 1. The van der Waals surface area contributed by atoms with Crippen LogP contribution in [0.25, 0.3) is 0 Å². The van der Waals surface area contributed by atoms with E-state index < -0.39 is 10.0 Å². The Balaban J connectivity index is 2.54. The molecule has 1 fully saturated rings. The van der Waals surface area contributed by atoms with Crippen molar-refractivity contribution in [2.24, 2.45) is 0 Å². The van der Waals surface area contributed by atoms with Crippen molar-refractivity contribution in [1.82, 2.24) is 9.62 Å². The van der Waals surface area contributed by atoms with Crippen LogP contribution in [0.1, 0.15) is 12.8 Å². The third-order valence-corrected chi connectivity index (χ3v) is 4.53. The number of likely N-dealkylation sites (N-methyl/N-ethyl adjacent to an activating group) is 1. The molecule has 1 aliphatic heterocycles. The van der Waals surface area contributed by atoms with Crippen molar-refractivity contribution in [2.75, 3.05) is 39.6 Å². The molecule has 1 N–H and O–H groups in total. The van der Waals surface area contributed by atoms with Gasteiger partial charge in [0.05, 0.1) is 12.4 Å². The molecule has 90 valence electrons. The number of rotatable bonds is 5. The van der Waals surface area contributed by atoms with E-state index in [9.17, 15) is 8.42 Å². The van der Waals surface area contributed by atoms with Crippen LogP contribution in [-0.4, -0.2) is 58.4 Å². The summed E-state index contributed by atoms with van der Waals surface area (Å²) in [6, 6.07) is 0.288. The lowest BCUT2D eigenvalue weighted by Gasteiger charge is -2.31. The molecular weight excluding hydrogens is 216 g/mol. The maximum Gasteiger partial charge on any atom is 0.216 e. The topological polar surface area (TPSA) is 58.6 Å². The van der Waals surface area contributed by atoms with E-state index in [-0.39, 0.29) is 18.4 Å². The number of ether oxygens (including phenoxy) is 1. The van der Waals surface area contributed by atoms with E-state index in [1.807, 2.05) is 7.05 Å². The smallest absolute Gasteiger partial charge is 0.216 e. The van der Waals surface area contributed by atoms with Crippen molar-refractivity contribution >= 4 is 10.0 Å². The minimum atomic E-state index is -3.12.